The fourth-order valence-corrected chi connectivity index (χ4v) is 2.59. The van der Waals surface area contributed by atoms with E-state index in [9.17, 15) is 10.1 Å². The molecule has 2 rings (SSSR count). The van der Waals surface area contributed by atoms with Crippen molar-refractivity contribution in [2.45, 2.75) is 39.5 Å². The van der Waals surface area contributed by atoms with Crippen LogP contribution < -0.4 is 14.8 Å². The highest BCUT2D eigenvalue weighted by molar-refractivity contribution is 5.97. The predicted octanol–water partition coefficient (Wildman–Crippen LogP) is 3.46. The quantitative estimate of drug-likeness (QED) is 0.870. The van der Waals surface area contributed by atoms with Gasteiger partial charge in [-0.3, -0.25) is 4.79 Å². The van der Waals surface area contributed by atoms with E-state index in [2.05, 4.69) is 11.4 Å². The Bertz CT molecular complexity index is 557. The van der Waals surface area contributed by atoms with E-state index in [1.165, 1.54) is 0 Å². The minimum atomic E-state index is -0.958. The summed E-state index contributed by atoms with van der Waals surface area (Å²) in [6.45, 7) is 4.16. The van der Waals surface area contributed by atoms with E-state index in [4.69, 9.17) is 9.47 Å². The van der Waals surface area contributed by atoms with Gasteiger partial charge in [-0.25, -0.2) is 0 Å². The van der Waals surface area contributed by atoms with Crippen molar-refractivity contribution in [1.82, 2.24) is 0 Å². The molecule has 1 aliphatic heterocycles. The summed E-state index contributed by atoms with van der Waals surface area (Å²) in [7, 11) is 0. The summed E-state index contributed by atoms with van der Waals surface area (Å²) in [6, 6.07) is 7.46. The van der Waals surface area contributed by atoms with Gasteiger partial charge in [0.25, 0.3) is 0 Å². The molecule has 1 aromatic rings. The number of fused-ring (bicyclic) bond motifs is 1. The zero-order chi connectivity index (χ0) is 15.3. The Labute approximate surface area is 124 Å². The van der Waals surface area contributed by atoms with Gasteiger partial charge in [0.2, 0.25) is 12.7 Å². The number of hydrogen-bond acceptors (Lipinski definition) is 4. The second-order valence-corrected chi connectivity index (χ2v) is 5.22. The minimum absolute atomic E-state index is 0.195. The molecular formula is C16H20N2O3. The van der Waals surface area contributed by atoms with Gasteiger partial charge in [0.15, 0.2) is 11.5 Å². The number of hydrogen-bond donors (Lipinski definition) is 1. The molecule has 1 amide bonds. The fourth-order valence-electron chi connectivity index (χ4n) is 2.59. The van der Waals surface area contributed by atoms with E-state index in [1.54, 1.807) is 18.2 Å². The molecule has 5 nitrogen and oxygen atoms in total. The maximum atomic E-state index is 12.5. The molecule has 5 heteroatoms. The summed E-state index contributed by atoms with van der Waals surface area (Å²) >= 11 is 0. The first-order valence-corrected chi connectivity index (χ1v) is 7.27. The van der Waals surface area contributed by atoms with Crippen LogP contribution in [0.5, 0.6) is 11.5 Å². The van der Waals surface area contributed by atoms with Crippen LogP contribution in [0.25, 0.3) is 0 Å². The third-order valence-electron chi connectivity index (χ3n) is 3.63. The number of carbonyl (C=O) groups is 1. The summed E-state index contributed by atoms with van der Waals surface area (Å²) in [4.78, 5) is 12.5. The lowest BCUT2D eigenvalue weighted by atomic mass is 9.79. The molecule has 1 aromatic carbocycles. The highest BCUT2D eigenvalue weighted by Crippen LogP contribution is 2.36. The average Bonchev–Trinajstić information content (AvgIpc) is 2.94. The number of nitrogens with one attached hydrogen (secondary N) is 1. The standard InChI is InChI=1S/C16H20N2O3/c1-3-7-16(10-17,8-4-2)15(19)18-12-5-6-13-14(9-12)21-11-20-13/h5-6,9H,3-4,7-8,11H2,1-2H3,(H,18,19). The molecular weight excluding hydrogens is 268 g/mol. The van der Waals surface area contributed by atoms with Crippen LogP contribution in [0.4, 0.5) is 5.69 Å². The highest BCUT2D eigenvalue weighted by Gasteiger charge is 2.37. The van der Waals surface area contributed by atoms with Gasteiger partial charge in [-0.15, -0.1) is 0 Å². The number of rotatable bonds is 6. The second kappa shape index (κ2) is 6.49. The maximum Gasteiger partial charge on any atom is 0.244 e. The fraction of sp³-hybridized carbons (Fsp3) is 0.500. The first kappa shape index (κ1) is 15.2. The third kappa shape index (κ3) is 3.10. The van der Waals surface area contributed by atoms with Gasteiger partial charge in [-0.1, -0.05) is 26.7 Å². The van der Waals surface area contributed by atoms with Crippen LogP contribution in [0.1, 0.15) is 39.5 Å². The molecule has 0 spiro atoms. The smallest absolute Gasteiger partial charge is 0.244 e. The average molecular weight is 288 g/mol. The van der Waals surface area contributed by atoms with Gasteiger partial charge < -0.3 is 14.8 Å². The van der Waals surface area contributed by atoms with Gasteiger partial charge in [-0.05, 0) is 25.0 Å². The van der Waals surface area contributed by atoms with Crippen molar-refractivity contribution in [3.63, 3.8) is 0 Å². The third-order valence-corrected chi connectivity index (χ3v) is 3.63. The van der Waals surface area contributed by atoms with Crippen molar-refractivity contribution >= 4 is 11.6 Å². The van der Waals surface area contributed by atoms with Crippen molar-refractivity contribution in [3.8, 4) is 17.6 Å². The number of ether oxygens (including phenoxy) is 2. The van der Waals surface area contributed by atoms with E-state index >= 15 is 0 Å². The van der Waals surface area contributed by atoms with Gasteiger partial charge >= 0.3 is 0 Å². The predicted molar refractivity (Wildman–Crippen MR) is 79.1 cm³/mol. The van der Waals surface area contributed by atoms with Crippen LogP contribution >= 0.6 is 0 Å². The summed E-state index contributed by atoms with van der Waals surface area (Å²) in [5.74, 6) is 1.04. The number of benzene rings is 1. The Hall–Kier alpha value is -2.22. The first-order chi connectivity index (χ1) is 10.1. The number of anilines is 1. The van der Waals surface area contributed by atoms with E-state index in [0.717, 1.165) is 12.8 Å². The SMILES string of the molecule is CCCC(C#N)(CCC)C(=O)Nc1ccc2c(c1)OCO2. The number of nitriles is 1. The molecule has 21 heavy (non-hydrogen) atoms. The Morgan fingerprint density at radius 1 is 1.29 bits per heavy atom. The van der Waals surface area contributed by atoms with Crippen molar-refractivity contribution in [3.05, 3.63) is 18.2 Å². The van der Waals surface area contributed by atoms with Crippen LogP contribution in [0.2, 0.25) is 0 Å². The number of amides is 1. The number of nitrogens with zero attached hydrogens (tertiary/aromatic N) is 1. The molecule has 0 fully saturated rings. The molecule has 0 aliphatic carbocycles. The molecule has 0 bridgehead atoms. The summed E-state index contributed by atoms with van der Waals surface area (Å²) in [5.41, 5.74) is -0.337. The molecule has 0 saturated heterocycles. The molecule has 0 radical (unpaired) electrons. The number of carbonyl (C=O) groups excluding carboxylic acids is 1. The van der Waals surface area contributed by atoms with E-state index in [-0.39, 0.29) is 12.7 Å². The van der Waals surface area contributed by atoms with Crippen molar-refractivity contribution in [2.24, 2.45) is 5.41 Å². The molecule has 0 saturated carbocycles. The minimum Gasteiger partial charge on any atom is -0.454 e. The Morgan fingerprint density at radius 2 is 1.95 bits per heavy atom. The molecule has 1 aliphatic rings. The lowest BCUT2D eigenvalue weighted by Gasteiger charge is -2.24. The van der Waals surface area contributed by atoms with Gasteiger partial charge in [0, 0.05) is 11.8 Å². The van der Waals surface area contributed by atoms with Crippen LogP contribution in [0.3, 0.4) is 0 Å². The zero-order valence-corrected chi connectivity index (χ0v) is 12.4. The molecule has 0 aromatic heterocycles. The topological polar surface area (TPSA) is 71.4 Å². The Morgan fingerprint density at radius 3 is 2.57 bits per heavy atom. The summed E-state index contributed by atoms with van der Waals surface area (Å²) in [5, 5.41) is 12.3. The highest BCUT2D eigenvalue weighted by atomic mass is 16.7. The van der Waals surface area contributed by atoms with Crippen molar-refractivity contribution in [1.29, 1.82) is 5.26 Å². The largest absolute Gasteiger partial charge is 0.454 e. The van der Waals surface area contributed by atoms with Gasteiger partial charge in [0.1, 0.15) is 5.41 Å². The van der Waals surface area contributed by atoms with E-state index < -0.39 is 5.41 Å². The van der Waals surface area contributed by atoms with Crippen molar-refractivity contribution < 1.29 is 14.3 Å². The van der Waals surface area contributed by atoms with Crippen molar-refractivity contribution in [2.75, 3.05) is 12.1 Å². The van der Waals surface area contributed by atoms with Crippen LogP contribution in [-0.2, 0) is 4.79 Å². The Kier molecular flexibility index (Phi) is 4.69. The Balaban J connectivity index is 2.17. The maximum absolute atomic E-state index is 12.5. The molecule has 1 heterocycles. The molecule has 1 N–H and O–H groups in total. The monoisotopic (exact) mass is 288 g/mol. The van der Waals surface area contributed by atoms with Gasteiger partial charge in [-0.2, -0.15) is 5.26 Å². The second-order valence-electron chi connectivity index (χ2n) is 5.22. The molecule has 112 valence electrons. The normalized spacial score (nSPS) is 12.8. The lowest BCUT2D eigenvalue weighted by Crippen LogP contribution is -2.35. The lowest BCUT2D eigenvalue weighted by molar-refractivity contribution is -0.123. The van der Waals surface area contributed by atoms with E-state index in [0.29, 0.717) is 30.0 Å². The first-order valence-electron chi connectivity index (χ1n) is 7.27. The zero-order valence-electron chi connectivity index (χ0n) is 12.4. The summed E-state index contributed by atoms with van der Waals surface area (Å²) in [6.07, 6.45) is 2.71. The van der Waals surface area contributed by atoms with Crippen LogP contribution in [0, 0.1) is 16.7 Å². The molecule has 0 atom stereocenters. The van der Waals surface area contributed by atoms with E-state index in [1.807, 2.05) is 13.8 Å². The van der Waals surface area contributed by atoms with Crippen LogP contribution in [0.15, 0.2) is 18.2 Å². The summed E-state index contributed by atoms with van der Waals surface area (Å²) < 4.78 is 10.5. The van der Waals surface area contributed by atoms with Gasteiger partial charge in [0.05, 0.1) is 6.07 Å². The molecule has 0 unspecified atom stereocenters. The van der Waals surface area contributed by atoms with Crippen LogP contribution in [-0.4, -0.2) is 12.7 Å².